The summed E-state index contributed by atoms with van der Waals surface area (Å²) < 4.78 is 5.95. The molecule has 2 nitrogen and oxygen atoms in total. The van der Waals surface area contributed by atoms with Crippen LogP contribution < -0.4 is 10.5 Å². The van der Waals surface area contributed by atoms with Crippen molar-refractivity contribution in [3.8, 4) is 5.75 Å². The van der Waals surface area contributed by atoms with Gasteiger partial charge >= 0.3 is 0 Å². The van der Waals surface area contributed by atoms with Gasteiger partial charge in [0, 0.05) is 22.2 Å². The van der Waals surface area contributed by atoms with Gasteiger partial charge in [0.1, 0.15) is 11.9 Å². The zero-order valence-electron chi connectivity index (χ0n) is 10.6. The van der Waals surface area contributed by atoms with Crippen LogP contribution in [0.4, 0.5) is 0 Å². The van der Waals surface area contributed by atoms with E-state index in [0.717, 1.165) is 16.9 Å². The fourth-order valence-electron chi connectivity index (χ4n) is 1.87. The van der Waals surface area contributed by atoms with Crippen LogP contribution in [0.3, 0.4) is 0 Å². The van der Waals surface area contributed by atoms with Crippen molar-refractivity contribution in [3.63, 3.8) is 0 Å². The maximum absolute atomic E-state index is 6.17. The smallest absolute Gasteiger partial charge is 0.137 e. The standard InChI is InChI=1S/C15H15Cl2NO/c1-10-8-11(16)6-7-14(10)19-15(9-18)12-4-2-3-5-13(12)17/h2-8,15H,9,18H2,1H3. The van der Waals surface area contributed by atoms with Crippen LogP contribution in [0, 0.1) is 6.92 Å². The van der Waals surface area contributed by atoms with Crippen LogP contribution in [0.25, 0.3) is 0 Å². The highest BCUT2D eigenvalue weighted by molar-refractivity contribution is 6.31. The largest absolute Gasteiger partial charge is 0.484 e. The Bertz CT molecular complexity index is 572. The van der Waals surface area contributed by atoms with Crippen molar-refractivity contribution in [1.82, 2.24) is 0 Å². The number of aryl methyl sites for hydroxylation is 1. The summed E-state index contributed by atoms with van der Waals surface area (Å²) in [7, 11) is 0. The van der Waals surface area contributed by atoms with Gasteiger partial charge in [-0.15, -0.1) is 0 Å². The van der Waals surface area contributed by atoms with Gasteiger partial charge < -0.3 is 10.5 Å². The van der Waals surface area contributed by atoms with E-state index in [1.165, 1.54) is 0 Å². The Labute approximate surface area is 123 Å². The first-order valence-electron chi connectivity index (χ1n) is 5.99. The molecule has 2 N–H and O–H groups in total. The van der Waals surface area contributed by atoms with Crippen molar-refractivity contribution < 1.29 is 4.74 Å². The number of benzene rings is 2. The highest BCUT2D eigenvalue weighted by atomic mass is 35.5. The highest BCUT2D eigenvalue weighted by Gasteiger charge is 2.15. The second kappa shape index (κ2) is 6.29. The fraction of sp³-hybridized carbons (Fsp3) is 0.200. The van der Waals surface area contributed by atoms with E-state index in [4.69, 9.17) is 33.7 Å². The van der Waals surface area contributed by atoms with Crippen molar-refractivity contribution in [2.75, 3.05) is 6.54 Å². The number of halogens is 2. The van der Waals surface area contributed by atoms with Crippen molar-refractivity contribution in [1.29, 1.82) is 0 Å². The molecule has 1 atom stereocenters. The third kappa shape index (κ3) is 3.41. The lowest BCUT2D eigenvalue weighted by Crippen LogP contribution is -2.19. The molecular weight excluding hydrogens is 281 g/mol. The van der Waals surface area contributed by atoms with Gasteiger partial charge in [0.25, 0.3) is 0 Å². The van der Waals surface area contributed by atoms with Gasteiger partial charge in [-0.3, -0.25) is 0 Å². The average molecular weight is 296 g/mol. The van der Waals surface area contributed by atoms with E-state index in [-0.39, 0.29) is 6.10 Å². The highest BCUT2D eigenvalue weighted by Crippen LogP contribution is 2.29. The molecule has 0 fully saturated rings. The zero-order valence-corrected chi connectivity index (χ0v) is 12.1. The molecule has 2 rings (SSSR count). The molecule has 1 unspecified atom stereocenters. The Kier molecular flexibility index (Phi) is 4.70. The van der Waals surface area contributed by atoms with E-state index in [9.17, 15) is 0 Å². The Hall–Kier alpha value is -1.22. The minimum Gasteiger partial charge on any atom is -0.484 e. The minimum absolute atomic E-state index is 0.270. The molecule has 0 aromatic heterocycles. The average Bonchev–Trinajstić information content (AvgIpc) is 2.39. The van der Waals surface area contributed by atoms with Crippen molar-refractivity contribution in [3.05, 3.63) is 63.6 Å². The van der Waals surface area contributed by atoms with Crippen LogP contribution in [0.2, 0.25) is 10.0 Å². The first kappa shape index (κ1) is 14.2. The van der Waals surface area contributed by atoms with E-state index >= 15 is 0 Å². The van der Waals surface area contributed by atoms with E-state index in [0.29, 0.717) is 16.6 Å². The van der Waals surface area contributed by atoms with Crippen molar-refractivity contribution in [2.24, 2.45) is 5.73 Å². The lowest BCUT2D eigenvalue weighted by atomic mass is 10.1. The van der Waals surface area contributed by atoms with Gasteiger partial charge in [0.05, 0.1) is 0 Å². The summed E-state index contributed by atoms with van der Waals surface area (Å²) in [6.07, 6.45) is -0.270. The van der Waals surface area contributed by atoms with E-state index in [1.807, 2.05) is 43.3 Å². The summed E-state index contributed by atoms with van der Waals surface area (Å²) in [6, 6.07) is 13.1. The second-order valence-corrected chi connectivity index (χ2v) is 5.12. The Balaban J connectivity index is 2.27. The van der Waals surface area contributed by atoms with E-state index < -0.39 is 0 Å². The third-order valence-electron chi connectivity index (χ3n) is 2.87. The maximum atomic E-state index is 6.17. The Morgan fingerprint density at radius 1 is 1.16 bits per heavy atom. The van der Waals surface area contributed by atoms with Crippen LogP contribution >= 0.6 is 23.2 Å². The molecule has 0 heterocycles. The second-order valence-electron chi connectivity index (χ2n) is 4.27. The van der Waals surface area contributed by atoms with Gasteiger partial charge in [-0.2, -0.15) is 0 Å². The molecule has 0 saturated heterocycles. The molecular formula is C15H15Cl2NO. The molecule has 0 aliphatic rings. The summed E-state index contributed by atoms with van der Waals surface area (Å²) in [5.41, 5.74) is 7.65. The summed E-state index contributed by atoms with van der Waals surface area (Å²) in [6.45, 7) is 2.30. The van der Waals surface area contributed by atoms with Gasteiger partial charge in [-0.05, 0) is 36.8 Å². The van der Waals surface area contributed by atoms with E-state index in [1.54, 1.807) is 6.07 Å². The Morgan fingerprint density at radius 3 is 2.53 bits per heavy atom. The minimum atomic E-state index is -0.270. The van der Waals surface area contributed by atoms with Gasteiger partial charge in [0.15, 0.2) is 0 Å². The number of ether oxygens (including phenoxy) is 1. The molecule has 0 aliphatic carbocycles. The molecule has 100 valence electrons. The zero-order chi connectivity index (χ0) is 13.8. The van der Waals surface area contributed by atoms with Crippen LogP contribution in [0.15, 0.2) is 42.5 Å². The summed E-state index contributed by atoms with van der Waals surface area (Å²) in [5, 5.41) is 1.34. The third-order valence-corrected chi connectivity index (χ3v) is 3.45. The Morgan fingerprint density at radius 2 is 1.89 bits per heavy atom. The number of rotatable bonds is 4. The molecule has 0 bridgehead atoms. The topological polar surface area (TPSA) is 35.2 Å². The molecule has 19 heavy (non-hydrogen) atoms. The van der Waals surface area contributed by atoms with Crippen LogP contribution in [0.1, 0.15) is 17.2 Å². The summed E-state index contributed by atoms with van der Waals surface area (Å²) >= 11 is 12.1. The molecule has 0 spiro atoms. The maximum Gasteiger partial charge on any atom is 0.137 e. The molecule has 4 heteroatoms. The normalized spacial score (nSPS) is 12.2. The lowest BCUT2D eigenvalue weighted by molar-refractivity contribution is 0.213. The lowest BCUT2D eigenvalue weighted by Gasteiger charge is -2.20. The van der Waals surface area contributed by atoms with Crippen LogP contribution in [-0.4, -0.2) is 6.54 Å². The van der Waals surface area contributed by atoms with Crippen molar-refractivity contribution in [2.45, 2.75) is 13.0 Å². The van der Waals surface area contributed by atoms with Crippen LogP contribution in [0.5, 0.6) is 5.75 Å². The molecule has 2 aromatic carbocycles. The molecule has 0 radical (unpaired) electrons. The molecule has 0 aliphatic heterocycles. The number of hydrogen-bond acceptors (Lipinski definition) is 2. The quantitative estimate of drug-likeness (QED) is 0.908. The first-order chi connectivity index (χ1) is 9.11. The predicted octanol–water partition coefficient (Wildman–Crippen LogP) is 4.38. The number of nitrogens with two attached hydrogens (primary N) is 1. The van der Waals surface area contributed by atoms with Gasteiger partial charge in [-0.1, -0.05) is 41.4 Å². The monoisotopic (exact) mass is 295 g/mol. The van der Waals surface area contributed by atoms with Gasteiger partial charge in [-0.25, -0.2) is 0 Å². The molecule has 0 saturated carbocycles. The van der Waals surface area contributed by atoms with Crippen molar-refractivity contribution >= 4 is 23.2 Å². The summed E-state index contributed by atoms with van der Waals surface area (Å²) in [5.74, 6) is 0.764. The predicted molar refractivity (Wildman–Crippen MR) is 80.1 cm³/mol. The van der Waals surface area contributed by atoms with E-state index in [2.05, 4.69) is 0 Å². The summed E-state index contributed by atoms with van der Waals surface area (Å²) in [4.78, 5) is 0. The number of hydrogen-bond donors (Lipinski definition) is 1. The first-order valence-corrected chi connectivity index (χ1v) is 6.74. The SMILES string of the molecule is Cc1cc(Cl)ccc1OC(CN)c1ccccc1Cl. The fourth-order valence-corrected chi connectivity index (χ4v) is 2.36. The molecule has 0 amide bonds. The van der Waals surface area contributed by atoms with Crippen LogP contribution in [-0.2, 0) is 0 Å². The molecule has 2 aromatic rings. The van der Waals surface area contributed by atoms with Gasteiger partial charge in [0.2, 0.25) is 0 Å².